The summed E-state index contributed by atoms with van der Waals surface area (Å²) >= 11 is 0. The van der Waals surface area contributed by atoms with Crippen LogP contribution >= 0.6 is 0 Å². The molecule has 1 aliphatic heterocycles. The van der Waals surface area contributed by atoms with E-state index < -0.39 is 11.4 Å². The number of aryl methyl sites for hydroxylation is 1. The van der Waals surface area contributed by atoms with Crippen LogP contribution in [0.4, 0.5) is 0 Å². The fourth-order valence-electron chi connectivity index (χ4n) is 6.01. The summed E-state index contributed by atoms with van der Waals surface area (Å²) in [7, 11) is 0. The second-order valence-corrected chi connectivity index (χ2v) is 10.7. The molecule has 8 nitrogen and oxygen atoms in total. The van der Waals surface area contributed by atoms with Crippen LogP contribution in [-0.4, -0.2) is 51.6 Å². The molecule has 3 N–H and O–H groups in total. The van der Waals surface area contributed by atoms with E-state index in [1.54, 1.807) is 29.7 Å². The van der Waals surface area contributed by atoms with E-state index in [1.807, 2.05) is 37.3 Å². The number of para-hydroxylation sites is 1. The Balaban J connectivity index is 1.23. The van der Waals surface area contributed by atoms with E-state index in [4.69, 9.17) is 9.94 Å². The molecule has 1 saturated heterocycles. The van der Waals surface area contributed by atoms with Crippen molar-refractivity contribution in [3.63, 3.8) is 0 Å². The summed E-state index contributed by atoms with van der Waals surface area (Å²) in [6.45, 7) is 4.63. The number of hydrogen-bond donors (Lipinski definition) is 3. The van der Waals surface area contributed by atoms with Crippen molar-refractivity contribution >= 4 is 22.7 Å². The van der Waals surface area contributed by atoms with Crippen molar-refractivity contribution in [2.45, 2.75) is 70.1 Å². The zero-order valence-corrected chi connectivity index (χ0v) is 21.9. The Hall–Kier alpha value is -3.49. The van der Waals surface area contributed by atoms with E-state index in [0.717, 1.165) is 48.1 Å². The van der Waals surface area contributed by atoms with Crippen molar-refractivity contribution < 1.29 is 19.5 Å². The molecule has 3 aromatic rings. The topological polar surface area (TPSA) is 104 Å². The molecule has 38 heavy (non-hydrogen) atoms. The summed E-state index contributed by atoms with van der Waals surface area (Å²) in [5.41, 5.74) is 4.52. The minimum absolute atomic E-state index is 0.0580. The highest BCUT2D eigenvalue weighted by Crippen LogP contribution is 2.35. The molecular weight excluding hydrogens is 480 g/mol. The first-order valence-electron chi connectivity index (χ1n) is 13.5. The maximum atomic E-state index is 13.2. The van der Waals surface area contributed by atoms with Gasteiger partial charge in [-0.3, -0.25) is 19.8 Å². The molecule has 2 fully saturated rings. The number of nitrogens with one attached hydrogen (secondary N) is 2. The molecule has 200 valence electrons. The predicted molar refractivity (Wildman–Crippen MR) is 145 cm³/mol. The SMILES string of the molecule is Cc1cc(COc2ccc(C(=O)N[C@]3(CC(=O)NO)CC[C@@H](N4CCCC4)CC3)cc2)c2ccccc2n1. The number of ether oxygens (including phenoxy) is 1. The van der Waals surface area contributed by atoms with Crippen LogP contribution in [0.3, 0.4) is 0 Å². The average Bonchev–Trinajstić information content (AvgIpc) is 3.47. The number of carbonyl (C=O) groups is 2. The second-order valence-electron chi connectivity index (χ2n) is 10.7. The highest BCUT2D eigenvalue weighted by molar-refractivity contribution is 5.95. The Bertz CT molecular complexity index is 1280. The first-order chi connectivity index (χ1) is 18.4. The molecule has 1 saturated carbocycles. The number of nitrogens with zero attached hydrogens (tertiary/aromatic N) is 2. The van der Waals surface area contributed by atoms with Gasteiger partial charge in [0.15, 0.2) is 0 Å². The van der Waals surface area contributed by atoms with Gasteiger partial charge < -0.3 is 15.0 Å². The molecule has 2 aromatic carbocycles. The van der Waals surface area contributed by atoms with Crippen LogP contribution in [0.15, 0.2) is 54.6 Å². The number of amides is 2. The van der Waals surface area contributed by atoms with E-state index in [-0.39, 0.29) is 12.3 Å². The summed E-state index contributed by atoms with van der Waals surface area (Å²) < 4.78 is 6.04. The van der Waals surface area contributed by atoms with Crippen molar-refractivity contribution in [3.8, 4) is 5.75 Å². The van der Waals surface area contributed by atoms with Crippen molar-refractivity contribution in [1.29, 1.82) is 0 Å². The lowest BCUT2D eigenvalue weighted by Crippen LogP contribution is -2.55. The van der Waals surface area contributed by atoms with Crippen molar-refractivity contribution in [2.75, 3.05) is 13.1 Å². The van der Waals surface area contributed by atoms with Gasteiger partial charge >= 0.3 is 0 Å². The van der Waals surface area contributed by atoms with Gasteiger partial charge in [0.05, 0.1) is 11.9 Å². The zero-order chi connectivity index (χ0) is 26.5. The molecule has 1 aromatic heterocycles. The van der Waals surface area contributed by atoms with Gasteiger partial charge in [-0.05, 0) is 94.9 Å². The van der Waals surface area contributed by atoms with Gasteiger partial charge in [0.2, 0.25) is 5.91 Å². The monoisotopic (exact) mass is 516 g/mol. The highest BCUT2D eigenvalue weighted by atomic mass is 16.5. The number of benzene rings is 2. The smallest absolute Gasteiger partial charge is 0.251 e. The Kier molecular flexibility index (Phi) is 7.90. The summed E-state index contributed by atoms with van der Waals surface area (Å²) in [5, 5.41) is 13.4. The quantitative estimate of drug-likeness (QED) is 0.300. The van der Waals surface area contributed by atoms with Crippen LogP contribution in [0.1, 0.15) is 66.6 Å². The third kappa shape index (κ3) is 5.97. The number of likely N-dealkylation sites (tertiary alicyclic amines) is 1. The second kappa shape index (κ2) is 11.5. The molecule has 1 aliphatic carbocycles. The molecule has 0 radical (unpaired) electrons. The van der Waals surface area contributed by atoms with Gasteiger partial charge in [-0.15, -0.1) is 0 Å². The average molecular weight is 517 g/mol. The largest absolute Gasteiger partial charge is 0.489 e. The number of pyridine rings is 1. The number of aromatic nitrogens is 1. The summed E-state index contributed by atoms with van der Waals surface area (Å²) in [6.07, 6.45) is 5.79. The standard InChI is InChI=1S/C30H36N4O4/c1-21-18-23(26-6-2-3-7-27(26)31-21)20-38-25-10-8-22(9-11-25)29(36)32-30(19-28(35)33-37)14-12-24(13-15-30)34-16-4-5-17-34/h2-3,6-11,18,24,37H,4-5,12-17,19-20H2,1H3,(H,32,36)(H,33,35)/t24-,30-. The first kappa shape index (κ1) is 26.1. The molecule has 2 aliphatic rings. The van der Waals surface area contributed by atoms with Crippen molar-refractivity contribution in [2.24, 2.45) is 0 Å². The van der Waals surface area contributed by atoms with Gasteiger partial charge in [-0.1, -0.05) is 18.2 Å². The van der Waals surface area contributed by atoms with Crippen LogP contribution in [0, 0.1) is 6.92 Å². The normalized spacial score (nSPS) is 21.8. The van der Waals surface area contributed by atoms with E-state index >= 15 is 0 Å². The van der Waals surface area contributed by atoms with E-state index in [0.29, 0.717) is 36.8 Å². The third-order valence-electron chi connectivity index (χ3n) is 8.01. The number of hydrogen-bond acceptors (Lipinski definition) is 6. The lowest BCUT2D eigenvalue weighted by atomic mass is 9.76. The maximum Gasteiger partial charge on any atom is 0.251 e. The van der Waals surface area contributed by atoms with Crippen molar-refractivity contribution in [3.05, 3.63) is 71.4 Å². The van der Waals surface area contributed by atoms with Crippen LogP contribution in [0.5, 0.6) is 5.75 Å². The minimum atomic E-state index is -0.671. The van der Waals surface area contributed by atoms with E-state index in [9.17, 15) is 9.59 Å². The highest BCUT2D eigenvalue weighted by Gasteiger charge is 2.40. The molecule has 2 amide bonds. The molecule has 0 unspecified atom stereocenters. The van der Waals surface area contributed by atoms with Gasteiger partial charge in [0.1, 0.15) is 12.4 Å². The van der Waals surface area contributed by atoms with Crippen LogP contribution < -0.4 is 15.5 Å². The molecule has 0 atom stereocenters. The molecule has 5 rings (SSSR count). The Morgan fingerprint density at radius 3 is 2.50 bits per heavy atom. The van der Waals surface area contributed by atoms with Gasteiger partial charge in [-0.2, -0.15) is 0 Å². The van der Waals surface area contributed by atoms with Crippen LogP contribution in [0.2, 0.25) is 0 Å². The summed E-state index contributed by atoms with van der Waals surface area (Å²) in [4.78, 5) is 32.5. The fraction of sp³-hybridized carbons (Fsp3) is 0.433. The van der Waals surface area contributed by atoms with Gasteiger partial charge in [-0.25, -0.2) is 5.48 Å². The predicted octanol–water partition coefficient (Wildman–Crippen LogP) is 4.52. The van der Waals surface area contributed by atoms with Gasteiger partial charge in [0.25, 0.3) is 5.91 Å². The Morgan fingerprint density at radius 2 is 1.79 bits per heavy atom. The van der Waals surface area contributed by atoms with Crippen molar-refractivity contribution in [1.82, 2.24) is 20.7 Å². The lowest BCUT2D eigenvalue weighted by molar-refractivity contribution is -0.131. The Labute approximate surface area is 223 Å². The summed E-state index contributed by atoms with van der Waals surface area (Å²) in [5.74, 6) is -0.0363. The summed E-state index contributed by atoms with van der Waals surface area (Å²) in [6, 6.07) is 17.6. The number of rotatable bonds is 8. The van der Waals surface area contributed by atoms with Crippen LogP contribution in [-0.2, 0) is 11.4 Å². The first-order valence-corrected chi connectivity index (χ1v) is 13.5. The van der Waals surface area contributed by atoms with Crippen LogP contribution in [0.25, 0.3) is 10.9 Å². The number of hydroxylamine groups is 1. The lowest BCUT2D eigenvalue weighted by Gasteiger charge is -2.43. The molecule has 2 heterocycles. The third-order valence-corrected chi connectivity index (χ3v) is 8.01. The molecule has 0 spiro atoms. The Morgan fingerprint density at radius 1 is 1.08 bits per heavy atom. The molecule has 8 heteroatoms. The van der Waals surface area contributed by atoms with E-state index in [1.165, 1.54) is 12.8 Å². The maximum absolute atomic E-state index is 13.2. The fourth-order valence-corrected chi connectivity index (χ4v) is 6.01. The van der Waals surface area contributed by atoms with Gasteiger partial charge in [0, 0.05) is 33.8 Å². The number of carbonyl (C=O) groups excluding carboxylic acids is 2. The molecule has 0 bridgehead atoms. The van der Waals surface area contributed by atoms with E-state index in [2.05, 4.69) is 15.2 Å². The minimum Gasteiger partial charge on any atom is -0.489 e. The zero-order valence-electron chi connectivity index (χ0n) is 21.9. The molecular formula is C30H36N4O4. The number of fused-ring (bicyclic) bond motifs is 1.